The van der Waals surface area contributed by atoms with Gasteiger partial charge in [0.2, 0.25) is 0 Å². The number of hydrogen-bond acceptors (Lipinski definition) is 2. The smallest absolute Gasteiger partial charge is 0.403 e. The summed E-state index contributed by atoms with van der Waals surface area (Å²) in [6.45, 7) is 0.275. The van der Waals surface area contributed by atoms with Crippen molar-refractivity contribution in [3.63, 3.8) is 0 Å². The lowest BCUT2D eigenvalue weighted by Crippen LogP contribution is -2.18. The van der Waals surface area contributed by atoms with Crippen LogP contribution in [0.5, 0.6) is 5.75 Å². The molecule has 1 aromatic carbocycles. The Balaban J connectivity index is 2.90. The maximum Gasteiger partial charge on any atom is 0.573 e. The van der Waals surface area contributed by atoms with Gasteiger partial charge in [0, 0.05) is 0 Å². The summed E-state index contributed by atoms with van der Waals surface area (Å²) in [5.74, 6) is -1.87. The largest absolute Gasteiger partial charge is 0.573 e. The van der Waals surface area contributed by atoms with Crippen molar-refractivity contribution in [3.05, 3.63) is 29.6 Å². The van der Waals surface area contributed by atoms with E-state index in [9.17, 15) is 17.6 Å². The fourth-order valence-electron chi connectivity index (χ4n) is 1.07. The zero-order chi connectivity index (χ0) is 11.5. The molecule has 2 N–H and O–H groups in total. The van der Waals surface area contributed by atoms with Crippen molar-refractivity contribution in [2.24, 2.45) is 5.73 Å². The first-order valence-electron chi connectivity index (χ1n) is 4.16. The first-order chi connectivity index (χ1) is 6.92. The van der Waals surface area contributed by atoms with Gasteiger partial charge in [0.15, 0.2) is 11.6 Å². The summed E-state index contributed by atoms with van der Waals surface area (Å²) >= 11 is 0. The molecule has 15 heavy (non-hydrogen) atoms. The monoisotopic (exact) mass is 223 g/mol. The van der Waals surface area contributed by atoms with E-state index in [1.165, 1.54) is 6.07 Å². The second-order valence-electron chi connectivity index (χ2n) is 2.85. The Labute approximate surface area is 83.6 Å². The molecule has 0 heterocycles. The highest BCUT2D eigenvalue weighted by atomic mass is 19.4. The molecule has 0 spiro atoms. The Morgan fingerprint density at radius 3 is 2.47 bits per heavy atom. The number of halogens is 4. The molecule has 0 bridgehead atoms. The summed E-state index contributed by atoms with van der Waals surface area (Å²) in [5, 5.41) is 0. The van der Waals surface area contributed by atoms with Gasteiger partial charge in [-0.25, -0.2) is 4.39 Å². The zero-order valence-corrected chi connectivity index (χ0v) is 7.64. The molecule has 0 aliphatic heterocycles. The van der Waals surface area contributed by atoms with Crippen LogP contribution in [0.25, 0.3) is 0 Å². The number of rotatable bonds is 3. The van der Waals surface area contributed by atoms with Crippen LogP contribution in [0, 0.1) is 5.82 Å². The molecule has 0 aromatic heterocycles. The van der Waals surface area contributed by atoms with Gasteiger partial charge in [-0.05, 0) is 30.7 Å². The van der Waals surface area contributed by atoms with Crippen molar-refractivity contribution in [2.45, 2.75) is 12.8 Å². The molecule has 0 atom stereocenters. The standard InChI is InChI=1S/C9H9F4NO/c10-7-2-1-6(3-4-14)5-8(7)15-9(11,12)13/h1-2,5H,3-4,14H2. The Kier molecular flexibility index (Phi) is 3.52. The second kappa shape index (κ2) is 4.48. The van der Waals surface area contributed by atoms with Crippen molar-refractivity contribution in [1.82, 2.24) is 0 Å². The highest BCUT2D eigenvalue weighted by molar-refractivity contribution is 5.30. The van der Waals surface area contributed by atoms with Crippen molar-refractivity contribution >= 4 is 0 Å². The summed E-state index contributed by atoms with van der Waals surface area (Å²) in [7, 11) is 0. The van der Waals surface area contributed by atoms with Gasteiger partial charge >= 0.3 is 6.36 Å². The molecular weight excluding hydrogens is 214 g/mol. The van der Waals surface area contributed by atoms with Gasteiger partial charge in [-0.1, -0.05) is 6.07 Å². The van der Waals surface area contributed by atoms with E-state index in [2.05, 4.69) is 4.74 Å². The number of alkyl halides is 3. The van der Waals surface area contributed by atoms with Gasteiger partial charge in [-0.3, -0.25) is 0 Å². The summed E-state index contributed by atoms with van der Waals surface area (Å²) < 4.78 is 51.9. The van der Waals surface area contributed by atoms with Crippen LogP contribution >= 0.6 is 0 Å². The Bertz CT molecular complexity index is 337. The molecule has 0 unspecified atom stereocenters. The third kappa shape index (κ3) is 3.75. The Hall–Kier alpha value is -1.30. The quantitative estimate of drug-likeness (QED) is 0.797. The molecule has 0 radical (unpaired) electrons. The molecule has 2 nitrogen and oxygen atoms in total. The first kappa shape index (κ1) is 11.8. The summed E-state index contributed by atoms with van der Waals surface area (Å²) in [6.07, 6.45) is -4.52. The number of ether oxygens (including phenoxy) is 1. The molecule has 0 saturated carbocycles. The Morgan fingerprint density at radius 1 is 1.27 bits per heavy atom. The van der Waals surface area contributed by atoms with Gasteiger partial charge in [0.1, 0.15) is 0 Å². The summed E-state index contributed by atoms with van der Waals surface area (Å²) in [5.41, 5.74) is 5.72. The lowest BCUT2D eigenvalue weighted by Gasteiger charge is -2.10. The van der Waals surface area contributed by atoms with Gasteiger partial charge < -0.3 is 10.5 Å². The molecule has 1 rings (SSSR count). The third-order valence-corrected chi connectivity index (χ3v) is 1.65. The maximum absolute atomic E-state index is 12.9. The van der Waals surface area contributed by atoms with E-state index in [4.69, 9.17) is 5.73 Å². The number of benzene rings is 1. The molecule has 0 aliphatic carbocycles. The molecule has 0 fully saturated rings. The van der Waals surface area contributed by atoms with Gasteiger partial charge in [0.25, 0.3) is 0 Å². The molecule has 0 amide bonds. The predicted octanol–water partition coefficient (Wildman–Crippen LogP) is 2.23. The van der Waals surface area contributed by atoms with Crippen LogP contribution < -0.4 is 10.5 Å². The lowest BCUT2D eigenvalue weighted by atomic mass is 10.1. The van der Waals surface area contributed by atoms with Crippen LogP contribution in [0.4, 0.5) is 17.6 Å². The molecule has 6 heteroatoms. The minimum Gasteiger partial charge on any atom is -0.403 e. The van der Waals surface area contributed by atoms with Crippen LogP contribution in [-0.4, -0.2) is 12.9 Å². The Morgan fingerprint density at radius 2 is 1.93 bits per heavy atom. The van der Waals surface area contributed by atoms with E-state index in [0.29, 0.717) is 12.0 Å². The van der Waals surface area contributed by atoms with Gasteiger partial charge in [-0.2, -0.15) is 0 Å². The fourth-order valence-corrected chi connectivity index (χ4v) is 1.07. The normalized spacial score (nSPS) is 11.5. The number of nitrogens with two attached hydrogens (primary N) is 1. The van der Waals surface area contributed by atoms with Crippen molar-refractivity contribution in [1.29, 1.82) is 0 Å². The van der Waals surface area contributed by atoms with Crippen LogP contribution in [-0.2, 0) is 6.42 Å². The van der Waals surface area contributed by atoms with Crippen LogP contribution in [0.15, 0.2) is 18.2 Å². The van der Waals surface area contributed by atoms with E-state index < -0.39 is 17.9 Å². The highest BCUT2D eigenvalue weighted by Crippen LogP contribution is 2.26. The van der Waals surface area contributed by atoms with Crippen molar-refractivity contribution in [2.75, 3.05) is 6.54 Å². The minimum absolute atomic E-state index is 0.275. The van der Waals surface area contributed by atoms with E-state index in [1.54, 1.807) is 0 Å². The number of hydrogen-bond donors (Lipinski definition) is 1. The van der Waals surface area contributed by atoms with E-state index in [0.717, 1.165) is 12.1 Å². The molecule has 0 saturated heterocycles. The average molecular weight is 223 g/mol. The van der Waals surface area contributed by atoms with Gasteiger partial charge in [-0.15, -0.1) is 13.2 Å². The average Bonchev–Trinajstić information content (AvgIpc) is 2.09. The van der Waals surface area contributed by atoms with Crippen molar-refractivity contribution in [3.8, 4) is 5.75 Å². The van der Waals surface area contributed by atoms with Crippen LogP contribution in [0.1, 0.15) is 5.56 Å². The van der Waals surface area contributed by atoms with Gasteiger partial charge in [0.05, 0.1) is 0 Å². The van der Waals surface area contributed by atoms with E-state index in [1.807, 2.05) is 0 Å². The maximum atomic E-state index is 12.9. The molecular formula is C9H9F4NO. The molecule has 1 aromatic rings. The topological polar surface area (TPSA) is 35.2 Å². The van der Waals surface area contributed by atoms with Crippen LogP contribution in [0.2, 0.25) is 0 Å². The fraction of sp³-hybridized carbons (Fsp3) is 0.333. The first-order valence-corrected chi connectivity index (χ1v) is 4.16. The van der Waals surface area contributed by atoms with Crippen LogP contribution in [0.3, 0.4) is 0 Å². The SMILES string of the molecule is NCCc1ccc(F)c(OC(F)(F)F)c1. The second-order valence-corrected chi connectivity index (χ2v) is 2.85. The molecule has 84 valence electrons. The van der Waals surface area contributed by atoms with E-state index >= 15 is 0 Å². The summed E-state index contributed by atoms with van der Waals surface area (Å²) in [4.78, 5) is 0. The van der Waals surface area contributed by atoms with E-state index in [-0.39, 0.29) is 6.54 Å². The van der Waals surface area contributed by atoms with Crippen molar-refractivity contribution < 1.29 is 22.3 Å². The highest BCUT2D eigenvalue weighted by Gasteiger charge is 2.32. The minimum atomic E-state index is -4.89. The molecule has 0 aliphatic rings. The summed E-state index contributed by atoms with van der Waals surface area (Å²) in [6, 6.07) is 3.28. The zero-order valence-electron chi connectivity index (χ0n) is 7.64. The predicted molar refractivity (Wildman–Crippen MR) is 45.8 cm³/mol. The lowest BCUT2D eigenvalue weighted by molar-refractivity contribution is -0.275. The third-order valence-electron chi connectivity index (χ3n) is 1.65.